The summed E-state index contributed by atoms with van der Waals surface area (Å²) in [5, 5.41) is 9.38. The summed E-state index contributed by atoms with van der Waals surface area (Å²) in [6.45, 7) is 13.7. The summed E-state index contributed by atoms with van der Waals surface area (Å²) in [7, 11) is 0. The molecule has 8 heteroatoms. The van der Waals surface area contributed by atoms with Crippen LogP contribution in [0.1, 0.15) is 48.5 Å². The molecule has 0 saturated carbocycles. The van der Waals surface area contributed by atoms with Gasteiger partial charge >= 0.3 is 12.2 Å². The van der Waals surface area contributed by atoms with Crippen LogP contribution in [-0.4, -0.2) is 75.9 Å². The van der Waals surface area contributed by atoms with Crippen molar-refractivity contribution in [2.45, 2.75) is 65.3 Å². The number of nitrogens with zero attached hydrogens (tertiary/aromatic N) is 2. The first-order chi connectivity index (χ1) is 11.1. The van der Waals surface area contributed by atoms with Crippen molar-refractivity contribution in [3.63, 3.8) is 0 Å². The van der Waals surface area contributed by atoms with E-state index in [4.69, 9.17) is 9.47 Å². The fourth-order valence-corrected chi connectivity index (χ4v) is 2.07. The average molecular weight is 358 g/mol. The Morgan fingerprint density at radius 3 is 1.56 bits per heavy atom. The van der Waals surface area contributed by atoms with Gasteiger partial charge in [0, 0.05) is 0 Å². The monoisotopic (exact) mass is 358 g/mol. The van der Waals surface area contributed by atoms with E-state index >= 15 is 0 Å². The third kappa shape index (κ3) is 7.72. The normalized spacial score (nSPS) is 19.1. The number of likely N-dealkylation sites (tertiary alicyclic amines) is 2. The molecule has 0 radical (unpaired) electrons. The lowest BCUT2D eigenvalue weighted by Gasteiger charge is -2.44. The van der Waals surface area contributed by atoms with Gasteiger partial charge in [0.2, 0.25) is 0 Å². The minimum absolute atomic E-state index is 0.0841. The molecule has 1 N–H and O–H groups in total. The first-order valence-electron chi connectivity index (χ1n) is 8.28. The van der Waals surface area contributed by atoms with Gasteiger partial charge in [0.05, 0.1) is 31.8 Å². The maximum Gasteiger partial charge on any atom is 0.411 e. The summed E-state index contributed by atoms with van der Waals surface area (Å²) >= 11 is 0. The highest BCUT2D eigenvalue weighted by atomic mass is 16.6. The summed E-state index contributed by atoms with van der Waals surface area (Å²) in [4.78, 5) is 35.9. The minimum atomic E-state index is -0.725. The SMILES string of the molecule is CC(C)(C)OC(=O)N1CC(=O)C1.CC1(O)CN(C(=O)OC(C)(C)C)C1. The summed E-state index contributed by atoms with van der Waals surface area (Å²) in [5.41, 5.74) is -1.66. The Balaban J connectivity index is 0.000000251. The zero-order valence-corrected chi connectivity index (χ0v) is 16.2. The molecule has 0 aliphatic carbocycles. The Morgan fingerprint density at radius 2 is 1.28 bits per heavy atom. The Labute approximate surface area is 149 Å². The number of Topliss-reactive ketones (excluding diaryl/α,β-unsaturated/α-hetero) is 1. The standard InChI is InChI=1S/C9H17NO3.C8H13NO3/c1-8(2,3)13-7(11)10-5-9(4,12)6-10;1-8(2,3)12-7(11)9-4-6(10)5-9/h12H,5-6H2,1-4H3;4-5H2,1-3H3. The lowest BCUT2D eigenvalue weighted by atomic mass is 9.98. The van der Waals surface area contributed by atoms with E-state index in [1.807, 2.05) is 20.8 Å². The van der Waals surface area contributed by atoms with Crippen LogP contribution in [0.4, 0.5) is 9.59 Å². The molecule has 0 aromatic carbocycles. The molecule has 0 aromatic rings. The Bertz CT molecular complexity index is 514. The molecule has 2 rings (SSSR count). The predicted octanol–water partition coefficient (Wildman–Crippen LogP) is 1.79. The number of ether oxygens (including phenoxy) is 2. The number of ketones is 1. The fraction of sp³-hybridized carbons (Fsp3) is 0.824. The molecule has 144 valence electrons. The van der Waals surface area contributed by atoms with Crippen molar-refractivity contribution < 1.29 is 29.0 Å². The van der Waals surface area contributed by atoms with Gasteiger partial charge in [-0.05, 0) is 48.5 Å². The second kappa shape index (κ2) is 7.19. The second-order valence-corrected chi connectivity index (χ2v) is 8.71. The summed E-state index contributed by atoms with van der Waals surface area (Å²) in [6, 6.07) is 0. The van der Waals surface area contributed by atoms with Gasteiger partial charge < -0.3 is 19.5 Å². The molecule has 0 atom stereocenters. The number of carbonyl (C=O) groups excluding carboxylic acids is 3. The summed E-state index contributed by atoms with van der Waals surface area (Å²) < 4.78 is 10.1. The quantitative estimate of drug-likeness (QED) is 0.709. The van der Waals surface area contributed by atoms with Crippen LogP contribution in [0, 0.1) is 0 Å². The van der Waals surface area contributed by atoms with Crippen LogP contribution in [-0.2, 0) is 14.3 Å². The van der Waals surface area contributed by atoms with E-state index < -0.39 is 22.9 Å². The third-order valence-corrected chi connectivity index (χ3v) is 3.10. The highest BCUT2D eigenvalue weighted by Gasteiger charge is 2.41. The molecule has 2 aliphatic heterocycles. The van der Waals surface area contributed by atoms with Crippen molar-refractivity contribution in [2.24, 2.45) is 0 Å². The van der Waals surface area contributed by atoms with Crippen LogP contribution in [0.15, 0.2) is 0 Å². The first-order valence-corrected chi connectivity index (χ1v) is 8.28. The van der Waals surface area contributed by atoms with Crippen molar-refractivity contribution in [2.75, 3.05) is 26.2 Å². The molecule has 0 spiro atoms. The van der Waals surface area contributed by atoms with E-state index in [-0.39, 0.29) is 25.0 Å². The zero-order valence-electron chi connectivity index (χ0n) is 16.2. The molecule has 0 bridgehead atoms. The number of carbonyl (C=O) groups is 3. The van der Waals surface area contributed by atoms with Gasteiger partial charge in [-0.15, -0.1) is 0 Å². The fourth-order valence-electron chi connectivity index (χ4n) is 2.07. The van der Waals surface area contributed by atoms with Crippen molar-refractivity contribution >= 4 is 18.0 Å². The first kappa shape index (κ1) is 21.2. The molecule has 2 fully saturated rings. The minimum Gasteiger partial charge on any atom is -0.444 e. The highest BCUT2D eigenvalue weighted by Crippen LogP contribution is 2.22. The zero-order chi connectivity index (χ0) is 19.6. The van der Waals surface area contributed by atoms with Gasteiger partial charge in [0.1, 0.15) is 11.2 Å². The van der Waals surface area contributed by atoms with E-state index in [2.05, 4.69) is 0 Å². The van der Waals surface area contributed by atoms with Crippen molar-refractivity contribution in [1.29, 1.82) is 0 Å². The Morgan fingerprint density at radius 1 is 0.920 bits per heavy atom. The maximum atomic E-state index is 11.3. The van der Waals surface area contributed by atoms with Crippen LogP contribution in [0.3, 0.4) is 0 Å². The smallest absolute Gasteiger partial charge is 0.411 e. The molecular weight excluding hydrogens is 328 g/mol. The van der Waals surface area contributed by atoms with E-state index in [1.165, 1.54) is 9.80 Å². The number of amides is 2. The van der Waals surface area contributed by atoms with Gasteiger partial charge in [-0.3, -0.25) is 9.69 Å². The average Bonchev–Trinajstić information content (AvgIpc) is 2.28. The number of hydrogen-bond donors (Lipinski definition) is 1. The number of rotatable bonds is 0. The molecule has 0 unspecified atom stereocenters. The van der Waals surface area contributed by atoms with Crippen molar-refractivity contribution in [3.05, 3.63) is 0 Å². The number of hydrogen-bond acceptors (Lipinski definition) is 6. The van der Waals surface area contributed by atoms with E-state index in [9.17, 15) is 19.5 Å². The maximum absolute atomic E-state index is 11.3. The van der Waals surface area contributed by atoms with E-state index in [0.717, 1.165) is 0 Å². The summed E-state index contributed by atoms with van der Waals surface area (Å²) in [6.07, 6.45) is -0.749. The van der Waals surface area contributed by atoms with Gasteiger partial charge in [-0.25, -0.2) is 9.59 Å². The molecule has 2 amide bonds. The van der Waals surface area contributed by atoms with E-state index in [1.54, 1.807) is 27.7 Å². The van der Waals surface area contributed by atoms with Crippen LogP contribution < -0.4 is 0 Å². The van der Waals surface area contributed by atoms with Gasteiger partial charge in [-0.1, -0.05) is 0 Å². The Kier molecular flexibility index (Phi) is 6.10. The topological polar surface area (TPSA) is 96.4 Å². The van der Waals surface area contributed by atoms with Gasteiger partial charge in [0.25, 0.3) is 0 Å². The Hall–Kier alpha value is -1.83. The third-order valence-electron chi connectivity index (χ3n) is 3.10. The number of aliphatic hydroxyl groups is 1. The lowest BCUT2D eigenvalue weighted by Crippen LogP contribution is -2.62. The predicted molar refractivity (Wildman–Crippen MR) is 91.2 cm³/mol. The molecule has 8 nitrogen and oxygen atoms in total. The lowest BCUT2D eigenvalue weighted by molar-refractivity contribution is -0.128. The summed E-state index contributed by atoms with van der Waals surface area (Å²) in [5.74, 6) is 0.0841. The van der Waals surface area contributed by atoms with Crippen LogP contribution in [0.25, 0.3) is 0 Å². The van der Waals surface area contributed by atoms with Crippen molar-refractivity contribution in [3.8, 4) is 0 Å². The van der Waals surface area contributed by atoms with Gasteiger partial charge in [-0.2, -0.15) is 0 Å². The van der Waals surface area contributed by atoms with Crippen LogP contribution in [0.2, 0.25) is 0 Å². The molecule has 25 heavy (non-hydrogen) atoms. The van der Waals surface area contributed by atoms with Crippen LogP contribution >= 0.6 is 0 Å². The molecule has 2 saturated heterocycles. The second-order valence-electron chi connectivity index (χ2n) is 8.71. The van der Waals surface area contributed by atoms with Crippen LogP contribution in [0.5, 0.6) is 0 Å². The molecular formula is C17H30N2O6. The molecule has 0 aromatic heterocycles. The largest absolute Gasteiger partial charge is 0.444 e. The van der Waals surface area contributed by atoms with Gasteiger partial charge in [0.15, 0.2) is 5.78 Å². The molecule has 2 heterocycles. The number of β-amino-alcohol motifs (C(OH)–C–C–N with tert-alkyl or cyclic N) is 1. The molecule has 2 aliphatic rings. The van der Waals surface area contributed by atoms with E-state index in [0.29, 0.717) is 13.1 Å². The highest BCUT2D eigenvalue weighted by molar-refractivity contribution is 5.94. The van der Waals surface area contributed by atoms with Crippen molar-refractivity contribution in [1.82, 2.24) is 9.80 Å².